The number of rotatable bonds is 5. The zero-order valence-corrected chi connectivity index (χ0v) is 14.9. The van der Waals surface area contributed by atoms with Gasteiger partial charge in [0.25, 0.3) is 0 Å². The van der Waals surface area contributed by atoms with Crippen molar-refractivity contribution in [1.29, 1.82) is 0 Å². The van der Waals surface area contributed by atoms with E-state index in [0.717, 1.165) is 19.3 Å². The summed E-state index contributed by atoms with van der Waals surface area (Å²) >= 11 is 0. The van der Waals surface area contributed by atoms with Crippen molar-refractivity contribution < 1.29 is 9.84 Å². The van der Waals surface area contributed by atoms with Gasteiger partial charge in [0.15, 0.2) is 0 Å². The Bertz CT molecular complexity index is 488. The Balaban J connectivity index is 2.07. The van der Waals surface area contributed by atoms with Gasteiger partial charge in [-0.05, 0) is 64.2 Å². The monoisotopic (exact) mass is 304 g/mol. The average molecular weight is 304 g/mol. The molecule has 0 spiro atoms. The van der Waals surface area contributed by atoms with E-state index in [-0.39, 0.29) is 17.1 Å². The van der Waals surface area contributed by atoms with E-state index in [2.05, 4.69) is 40.0 Å². The van der Waals surface area contributed by atoms with Crippen molar-refractivity contribution in [3.8, 4) is 0 Å². The van der Waals surface area contributed by atoms with E-state index in [1.807, 2.05) is 19.9 Å². The number of aliphatic hydroxyl groups is 1. The van der Waals surface area contributed by atoms with E-state index >= 15 is 0 Å². The molecule has 2 heteroatoms. The van der Waals surface area contributed by atoms with Crippen molar-refractivity contribution in [3.05, 3.63) is 36.5 Å². The van der Waals surface area contributed by atoms with Crippen molar-refractivity contribution >= 4 is 0 Å². The minimum Gasteiger partial charge on any atom is -0.386 e. The predicted molar refractivity (Wildman–Crippen MR) is 92.7 cm³/mol. The van der Waals surface area contributed by atoms with Crippen LogP contribution in [-0.4, -0.2) is 22.9 Å². The molecule has 0 amide bonds. The molecule has 124 valence electrons. The van der Waals surface area contributed by atoms with Gasteiger partial charge in [0.1, 0.15) is 12.2 Å². The van der Waals surface area contributed by atoms with Gasteiger partial charge in [-0.2, -0.15) is 0 Å². The Morgan fingerprint density at radius 3 is 2.36 bits per heavy atom. The van der Waals surface area contributed by atoms with Crippen LogP contribution in [-0.2, 0) is 4.74 Å². The Hall–Kier alpha value is -0.860. The molecule has 1 aliphatic heterocycles. The third-order valence-corrected chi connectivity index (χ3v) is 5.86. The lowest BCUT2D eigenvalue weighted by Crippen LogP contribution is -2.34. The number of ether oxygens (including phenoxy) is 1. The summed E-state index contributed by atoms with van der Waals surface area (Å²) in [6.07, 6.45) is 6.95. The highest BCUT2D eigenvalue weighted by atomic mass is 16.6. The number of epoxide rings is 1. The van der Waals surface area contributed by atoms with Crippen molar-refractivity contribution in [3.63, 3.8) is 0 Å². The van der Waals surface area contributed by atoms with Gasteiger partial charge in [-0.1, -0.05) is 36.8 Å². The maximum Gasteiger partial charge on any atom is 0.116 e. The highest BCUT2D eigenvalue weighted by Gasteiger charge is 2.51. The summed E-state index contributed by atoms with van der Waals surface area (Å²) in [6, 6.07) is 0. The second-order valence-corrected chi connectivity index (χ2v) is 8.12. The molecule has 2 aliphatic rings. The van der Waals surface area contributed by atoms with Crippen LogP contribution < -0.4 is 0 Å². The van der Waals surface area contributed by atoms with Crippen LogP contribution in [0.2, 0.25) is 0 Å². The molecule has 5 unspecified atom stereocenters. The summed E-state index contributed by atoms with van der Waals surface area (Å²) in [7, 11) is 0. The molecule has 1 saturated heterocycles. The topological polar surface area (TPSA) is 32.8 Å². The highest BCUT2D eigenvalue weighted by Crippen LogP contribution is 2.49. The standard InChI is InChI=1S/C20H32O2/c1-8-20(7)10-9-15(12-16(20)13(2)3)14(4)11-17(21)18-19(5,6)22-18/h8,11,15-18,21H,1-2,9-10,12H2,3-7H3. The second kappa shape index (κ2) is 5.98. The summed E-state index contributed by atoms with van der Waals surface area (Å²) in [5.74, 6) is 0.990. The van der Waals surface area contributed by atoms with E-state index in [9.17, 15) is 5.11 Å². The largest absolute Gasteiger partial charge is 0.386 e. The van der Waals surface area contributed by atoms with Crippen LogP contribution in [0.4, 0.5) is 0 Å². The molecule has 22 heavy (non-hydrogen) atoms. The highest BCUT2D eigenvalue weighted by molar-refractivity contribution is 5.18. The second-order valence-electron chi connectivity index (χ2n) is 8.12. The lowest BCUT2D eigenvalue weighted by atomic mass is 9.61. The van der Waals surface area contributed by atoms with E-state index in [0.29, 0.717) is 11.8 Å². The van der Waals surface area contributed by atoms with E-state index in [1.165, 1.54) is 11.1 Å². The van der Waals surface area contributed by atoms with Crippen LogP contribution in [0.25, 0.3) is 0 Å². The van der Waals surface area contributed by atoms with E-state index in [1.54, 1.807) is 0 Å². The first-order valence-electron chi connectivity index (χ1n) is 8.44. The molecule has 0 aromatic heterocycles. The van der Waals surface area contributed by atoms with Crippen LogP contribution in [0.15, 0.2) is 36.5 Å². The van der Waals surface area contributed by atoms with Gasteiger partial charge < -0.3 is 9.84 Å². The smallest absolute Gasteiger partial charge is 0.116 e. The first-order valence-corrected chi connectivity index (χ1v) is 8.44. The number of allylic oxidation sites excluding steroid dienone is 3. The molecule has 1 heterocycles. The Labute approximate surface area is 136 Å². The van der Waals surface area contributed by atoms with Crippen molar-refractivity contribution in [2.75, 3.05) is 0 Å². The predicted octanol–water partition coefficient (Wildman–Crippen LogP) is 4.66. The van der Waals surface area contributed by atoms with E-state index < -0.39 is 6.10 Å². The minimum absolute atomic E-state index is 0.0542. The molecule has 2 fully saturated rings. The van der Waals surface area contributed by atoms with Gasteiger partial charge in [-0.25, -0.2) is 0 Å². The first kappa shape index (κ1) is 17.5. The molecule has 2 nitrogen and oxygen atoms in total. The van der Waals surface area contributed by atoms with Crippen LogP contribution in [0.3, 0.4) is 0 Å². The SMILES string of the molecule is C=CC1(C)CCC(C(C)=CC(O)C2OC2(C)C)CC1C(=C)C. The van der Waals surface area contributed by atoms with Gasteiger partial charge in [0, 0.05) is 0 Å². The maximum atomic E-state index is 10.3. The number of hydrogen-bond acceptors (Lipinski definition) is 2. The van der Waals surface area contributed by atoms with Crippen LogP contribution in [0.5, 0.6) is 0 Å². The Morgan fingerprint density at radius 1 is 1.32 bits per heavy atom. The maximum absolute atomic E-state index is 10.3. The lowest BCUT2D eigenvalue weighted by molar-refractivity contribution is 0.161. The molecule has 2 rings (SSSR count). The van der Waals surface area contributed by atoms with Gasteiger partial charge >= 0.3 is 0 Å². The minimum atomic E-state index is -0.494. The fraction of sp³-hybridized carbons (Fsp3) is 0.700. The normalized spacial score (nSPS) is 39.2. The fourth-order valence-electron chi connectivity index (χ4n) is 4.02. The number of aliphatic hydroxyl groups excluding tert-OH is 1. The summed E-state index contributed by atoms with van der Waals surface area (Å²) < 4.78 is 5.54. The molecule has 1 saturated carbocycles. The number of hydrogen-bond donors (Lipinski definition) is 1. The van der Waals surface area contributed by atoms with Crippen LogP contribution >= 0.6 is 0 Å². The Kier molecular flexibility index (Phi) is 4.75. The molecule has 0 aromatic carbocycles. The Morgan fingerprint density at radius 2 is 1.91 bits per heavy atom. The van der Waals surface area contributed by atoms with Crippen molar-refractivity contribution in [2.45, 2.75) is 71.7 Å². The molecular formula is C20H32O2. The molecular weight excluding hydrogens is 272 g/mol. The van der Waals surface area contributed by atoms with Crippen molar-refractivity contribution in [2.24, 2.45) is 17.3 Å². The van der Waals surface area contributed by atoms with Crippen LogP contribution in [0.1, 0.15) is 53.9 Å². The zero-order valence-electron chi connectivity index (χ0n) is 14.9. The summed E-state index contributed by atoms with van der Waals surface area (Å²) in [6.45, 7) is 18.9. The third kappa shape index (κ3) is 3.38. The van der Waals surface area contributed by atoms with Crippen molar-refractivity contribution in [1.82, 2.24) is 0 Å². The molecule has 0 aromatic rings. The van der Waals surface area contributed by atoms with Gasteiger partial charge in [0.05, 0.1) is 5.60 Å². The molecule has 5 atom stereocenters. The third-order valence-electron chi connectivity index (χ3n) is 5.86. The molecule has 1 N–H and O–H groups in total. The average Bonchev–Trinajstić information content (AvgIpc) is 3.08. The first-order chi connectivity index (χ1) is 10.1. The zero-order chi connectivity index (χ0) is 16.7. The molecule has 0 radical (unpaired) electrons. The summed E-state index contributed by atoms with van der Waals surface area (Å²) in [4.78, 5) is 0. The van der Waals surface area contributed by atoms with Gasteiger partial charge in [-0.15, -0.1) is 6.58 Å². The fourth-order valence-corrected chi connectivity index (χ4v) is 4.02. The summed E-state index contributed by atoms with van der Waals surface area (Å²) in [5, 5.41) is 10.3. The van der Waals surface area contributed by atoms with Gasteiger partial charge in [0.2, 0.25) is 0 Å². The lowest BCUT2D eigenvalue weighted by Gasteiger charge is -2.43. The summed E-state index contributed by atoms with van der Waals surface area (Å²) in [5.41, 5.74) is 2.51. The molecule has 1 aliphatic carbocycles. The van der Waals surface area contributed by atoms with E-state index in [4.69, 9.17) is 4.74 Å². The van der Waals surface area contributed by atoms with Crippen LogP contribution in [0, 0.1) is 17.3 Å². The quantitative estimate of drug-likeness (QED) is 0.592. The van der Waals surface area contributed by atoms with Gasteiger partial charge in [-0.3, -0.25) is 0 Å². The molecule has 0 bridgehead atoms.